The van der Waals surface area contributed by atoms with Crippen LogP contribution in [0.4, 0.5) is 29.9 Å². The van der Waals surface area contributed by atoms with Crippen LogP contribution in [-0.2, 0) is 16.4 Å². The Kier molecular flexibility index (Phi) is 5.54. The van der Waals surface area contributed by atoms with Crippen LogP contribution < -0.4 is 16.0 Å². The van der Waals surface area contributed by atoms with Crippen LogP contribution in [0, 0.1) is 0 Å². The summed E-state index contributed by atoms with van der Waals surface area (Å²) in [4.78, 5) is 24.1. The second-order valence-electron chi connectivity index (χ2n) is 6.31. The molecule has 1 saturated heterocycles. The summed E-state index contributed by atoms with van der Waals surface area (Å²) in [7, 11) is 18.9. The molecule has 1 unspecified atom stereocenters. The van der Waals surface area contributed by atoms with Crippen molar-refractivity contribution in [3.63, 3.8) is 0 Å². The smallest absolute Gasteiger partial charge is 0.372 e. The highest BCUT2D eigenvalue weighted by Crippen LogP contribution is 2.49. The van der Waals surface area contributed by atoms with Gasteiger partial charge in [0.05, 0.1) is 29.0 Å². The first kappa shape index (κ1) is 21.8. The van der Waals surface area contributed by atoms with Crippen LogP contribution in [0.3, 0.4) is 0 Å². The minimum atomic E-state index is -4.62. The Hall–Kier alpha value is -1.95. The van der Waals surface area contributed by atoms with E-state index in [-0.39, 0.29) is 27.5 Å². The van der Waals surface area contributed by atoms with Crippen molar-refractivity contribution in [1.29, 1.82) is 0 Å². The van der Waals surface area contributed by atoms with E-state index in [1.54, 1.807) is 0 Å². The molecule has 3 rings (SSSR count). The maximum atomic E-state index is 13.0. The third kappa shape index (κ3) is 3.79. The van der Waals surface area contributed by atoms with Gasteiger partial charge in [0, 0.05) is 19.8 Å². The van der Waals surface area contributed by atoms with Crippen molar-refractivity contribution in [2.75, 3.05) is 24.2 Å². The number of halogens is 4. The lowest BCUT2D eigenvalue weighted by Gasteiger charge is -2.39. The van der Waals surface area contributed by atoms with Crippen LogP contribution in [0.15, 0.2) is 6.20 Å². The largest absolute Gasteiger partial charge is 0.421 e. The van der Waals surface area contributed by atoms with Crippen molar-refractivity contribution < 1.29 is 18.0 Å². The number of thiazole rings is 1. The van der Waals surface area contributed by atoms with Gasteiger partial charge in [0.1, 0.15) is 21.4 Å². The molecule has 29 heavy (non-hydrogen) atoms. The van der Waals surface area contributed by atoms with E-state index in [1.807, 2.05) is 0 Å². The van der Waals surface area contributed by atoms with Crippen molar-refractivity contribution in [3.8, 4) is 0 Å². The van der Waals surface area contributed by atoms with Crippen molar-refractivity contribution in [1.82, 2.24) is 20.3 Å². The van der Waals surface area contributed by atoms with Gasteiger partial charge in [-0.3, -0.25) is 4.79 Å². The fourth-order valence-corrected chi connectivity index (χ4v) is 4.38. The monoisotopic (exact) mass is 436 g/mol. The first-order valence-electron chi connectivity index (χ1n) is 8.11. The zero-order chi connectivity index (χ0) is 21.6. The van der Waals surface area contributed by atoms with Gasteiger partial charge in [-0.1, -0.05) is 22.9 Å². The number of carbonyl (C=O) groups is 1. The van der Waals surface area contributed by atoms with Crippen LogP contribution in [-0.4, -0.2) is 58.0 Å². The molecule has 0 spiro atoms. The quantitative estimate of drug-likeness (QED) is 0.619. The number of anilines is 3. The summed E-state index contributed by atoms with van der Waals surface area (Å²) in [6.45, 7) is 0.291. The summed E-state index contributed by atoms with van der Waals surface area (Å²) in [5.74, 6) is -1.08. The van der Waals surface area contributed by atoms with Crippen LogP contribution in [0.5, 0.6) is 0 Å². The Morgan fingerprint density at radius 3 is 2.52 bits per heavy atom. The Morgan fingerprint density at radius 1 is 1.31 bits per heavy atom. The third-order valence-electron chi connectivity index (χ3n) is 4.42. The van der Waals surface area contributed by atoms with Crippen LogP contribution in [0.1, 0.15) is 17.0 Å². The lowest BCUT2D eigenvalue weighted by molar-refractivity contribution is -0.137. The third-order valence-corrected chi connectivity index (χ3v) is 5.94. The molecule has 0 aromatic carbocycles. The minimum Gasteiger partial charge on any atom is -0.372 e. The zero-order valence-electron chi connectivity index (χ0n) is 14.9. The number of amides is 1. The summed E-state index contributed by atoms with van der Waals surface area (Å²) >= 11 is 7.07. The molecule has 2 aromatic rings. The van der Waals surface area contributed by atoms with E-state index in [1.165, 1.54) is 7.05 Å². The summed E-state index contributed by atoms with van der Waals surface area (Å²) in [6, 6.07) is 0. The van der Waals surface area contributed by atoms with Gasteiger partial charge in [-0.25, -0.2) is 9.97 Å². The number of hydrogen-bond donors (Lipinski definition) is 3. The molecular weight excluding hydrogens is 425 g/mol. The van der Waals surface area contributed by atoms with Crippen LogP contribution in [0.2, 0.25) is 10.3 Å². The summed E-state index contributed by atoms with van der Waals surface area (Å²) in [5, 5.41) is 6.03. The van der Waals surface area contributed by atoms with Crippen molar-refractivity contribution in [3.05, 3.63) is 21.9 Å². The Bertz CT molecular complexity index is 954. The molecule has 1 atom stereocenters. The normalized spacial score (nSPS) is 19.8. The zero-order valence-corrected chi connectivity index (χ0v) is 16.5. The number of nitrogens with zero attached hydrogens (tertiary/aromatic N) is 3. The summed E-state index contributed by atoms with van der Waals surface area (Å²) in [5.41, 5.74) is -2.54. The number of nitrogens with one attached hydrogen (secondary N) is 3. The van der Waals surface area contributed by atoms with E-state index in [9.17, 15) is 18.0 Å². The predicted octanol–water partition coefficient (Wildman–Crippen LogP) is 1.73. The number of aromatic nitrogens is 3. The van der Waals surface area contributed by atoms with Gasteiger partial charge in [-0.2, -0.15) is 18.2 Å². The van der Waals surface area contributed by atoms with Crippen LogP contribution in [0.25, 0.3) is 0 Å². The number of carbonyl (C=O) groups excluding carboxylic acids is 1. The van der Waals surface area contributed by atoms with E-state index in [2.05, 4.69) is 30.9 Å². The molecule has 0 saturated carbocycles. The summed E-state index contributed by atoms with van der Waals surface area (Å²) in [6.07, 6.45) is -3.80. The van der Waals surface area contributed by atoms with Gasteiger partial charge >= 0.3 is 6.18 Å². The van der Waals surface area contributed by atoms with Gasteiger partial charge < -0.3 is 16.0 Å². The fraction of sp³-hybridized carbons (Fsp3) is 0.429. The second kappa shape index (κ2) is 7.39. The molecule has 1 aliphatic heterocycles. The van der Waals surface area contributed by atoms with E-state index in [0.29, 0.717) is 12.7 Å². The Balaban J connectivity index is 1.97. The number of alkyl halides is 3. The molecule has 146 valence electrons. The van der Waals surface area contributed by atoms with Gasteiger partial charge in [0.25, 0.3) is 0 Å². The van der Waals surface area contributed by atoms with Gasteiger partial charge in [-0.05, 0) is 6.42 Å². The average Bonchev–Trinajstić information content (AvgIpc) is 3.17. The fourth-order valence-electron chi connectivity index (χ4n) is 2.93. The Labute approximate surface area is 176 Å². The van der Waals surface area contributed by atoms with Gasteiger partial charge in [-0.15, -0.1) is 5.11 Å². The van der Waals surface area contributed by atoms with E-state index in [4.69, 9.17) is 35.1 Å². The van der Waals surface area contributed by atoms with Crippen molar-refractivity contribution in [2.24, 2.45) is 0 Å². The SMILES string of the molecule is [B]C([B])([B])C1(c2nc(Cl)c(Nc3ncc(C(F)(F)F)c(NC)n3)s2)CCNC1=O. The molecule has 6 radical (unpaired) electrons. The lowest BCUT2D eigenvalue weighted by atomic mass is 9.32. The molecule has 0 aliphatic carbocycles. The van der Waals surface area contributed by atoms with Gasteiger partial charge in [0.2, 0.25) is 11.9 Å². The first-order chi connectivity index (χ1) is 13.4. The standard InChI is InChI=1S/C14H11B3ClF3N6OS/c1-22-7-5(13(19,20)21)4-24-11(26-7)27-8-6(18)25-10(29-8)12(14(15,16)17)2-3-23-9(12)28/h4H,2-3H2,1H3,(H,23,28)(H2,22,24,26,27). The second-order valence-corrected chi connectivity index (χ2v) is 7.67. The number of rotatable bonds is 5. The molecule has 1 amide bonds. The first-order valence-corrected chi connectivity index (χ1v) is 9.30. The molecule has 1 aliphatic rings. The van der Waals surface area contributed by atoms with Crippen molar-refractivity contribution >= 4 is 69.2 Å². The molecule has 7 nitrogen and oxygen atoms in total. The molecular formula is C14H11B3ClF3N6OS. The molecule has 3 heterocycles. The lowest BCUT2D eigenvalue weighted by Crippen LogP contribution is -2.47. The van der Waals surface area contributed by atoms with Gasteiger partial charge in [0.15, 0.2) is 5.15 Å². The minimum absolute atomic E-state index is 0.0668. The highest BCUT2D eigenvalue weighted by molar-refractivity contribution is 7.16. The highest BCUT2D eigenvalue weighted by atomic mass is 35.5. The number of hydrogen-bond acceptors (Lipinski definition) is 7. The summed E-state index contributed by atoms with van der Waals surface area (Å²) < 4.78 is 38.9. The molecule has 0 bridgehead atoms. The van der Waals surface area contributed by atoms with E-state index >= 15 is 0 Å². The van der Waals surface area contributed by atoms with E-state index < -0.39 is 34.0 Å². The molecule has 15 heteroatoms. The molecule has 2 aromatic heterocycles. The maximum absolute atomic E-state index is 13.0. The molecule has 1 fully saturated rings. The highest BCUT2D eigenvalue weighted by Gasteiger charge is 2.53. The van der Waals surface area contributed by atoms with Crippen molar-refractivity contribution in [2.45, 2.75) is 23.1 Å². The Morgan fingerprint density at radius 2 is 2.00 bits per heavy atom. The molecule has 3 N–H and O–H groups in total. The van der Waals surface area contributed by atoms with Crippen LogP contribution >= 0.6 is 22.9 Å². The average molecular weight is 436 g/mol. The predicted molar refractivity (Wildman–Crippen MR) is 106 cm³/mol. The van der Waals surface area contributed by atoms with E-state index in [0.717, 1.165) is 11.3 Å². The topological polar surface area (TPSA) is 91.8 Å². The maximum Gasteiger partial charge on any atom is 0.421 e.